The van der Waals surface area contributed by atoms with Gasteiger partial charge in [0.2, 0.25) is 5.91 Å². The highest BCUT2D eigenvalue weighted by molar-refractivity contribution is 7.99. The number of carbonyl (C=O) groups excluding carboxylic acids is 1. The molecule has 126 valence electrons. The number of amides is 1. The predicted octanol–water partition coefficient (Wildman–Crippen LogP) is 3.01. The summed E-state index contributed by atoms with van der Waals surface area (Å²) < 4.78 is 1.54. The molecular formula is C16H23N3O2S2. The number of aromatic nitrogens is 2. The molecular weight excluding hydrogens is 330 g/mol. The molecule has 1 N–H and O–H groups in total. The Balaban J connectivity index is 2.08. The molecule has 2 heterocycles. The normalized spacial score (nSPS) is 11.1. The fourth-order valence-corrected chi connectivity index (χ4v) is 4.14. The Morgan fingerprint density at radius 2 is 2.09 bits per heavy atom. The van der Waals surface area contributed by atoms with Crippen molar-refractivity contribution in [3.63, 3.8) is 0 Å². The Labute approximate surface area is 144 Å². The van der Waals surface area contributed by atoms with E-state index in [0.717, 1.165) is 34.5 Å². The Kier molecular flexibility index (Phi) is 6.24. The van der Waals surface area contributed by atoms with E-state index in [0.29, 0.717) is 17.1 Å². The summed E-state index contributed by atoms with van der Waals surface area (Å²) in [5.74, 6) is 0.264. The monoisotopic (exact) mass is 353 g/mol. The van der Waals surface area contributed by atoms with Crippen molar-refractivity contribution in [2.45, 2.75) is 45.2 Å². The van der Waals surface area contributed by atoms with Crippen LogP contribution < -0.4 is 10.9 Å². The molecule has 0 radical (unpaired) electrons. The van der Waals surface area contributed by atoms with Gasteiger partial charge in [-0.1, -0.05) is 31.5 Å². The van der Waals surface area contributed by atoms with Crippen molar-refractivity contribution >= 4 is 39.2 Å². The van der Waals surface area contributed by atoms with Gasteiger partial charge in [0.05, 0.1) is 11.1 Å². The Morgan fingerprint density at radius 3 is 2.78 bits per heavy atom. The van der Waals surface area contributed by atoms with Crippen LogP contribution in [-0.2, 0) is 11.8 Å². The standard InChI is InChI=1S/C16H23N3O2S2/c1-5-6-7-8-17-12(20)9-22-16-18-14-13(15(21)19(16)4)10(2)11(3)23-14/h5-9H2,1-4H3,(H,17,20). The molecule has 0 aliphatic carbocycles. The van der Waals surface area contributed by atoms with E-state index < -0.39 is 0 Å². The third-order valence-electron chi connectivity index (χ3n) is 3.80. The summed E-state index contributed by atoms with van der Waals surface area (Å²) in [5.41, 5.74) is 0.964. The van der Waals surface area contributed by atoms with Gasteiger partial charge in [0.1, 0.15) is 4.83 Å². The minimum Gasteiger partial charge on any atom is -0.355 e. The molecule has 0 unspecified atom stereocenters. The zero-order valence-corrected chi connectivity index (χ0v) is 15.7. The van der Waals surface area contributed by atoms with Crippen molar-refractivity contribution < 1.29 is 4.79 Å². The van der Waals surface area contributed by atoms with E-state index >= 15 is 0 Å². The highest BCUT2D eigenvalue weighted by atomic mass is 32.2. The maximum absolute atomic E-state index is 12.5. The van der Waals surface area contributed by atoms with Gasteiger partial charge in [-0.25, -0.2) is 4.98 Å². The zero-order chi connectivity index (χ0) is 17.0. The summed E-state index contributed by atoms with van der Waals surface area (Å²) >= 11 is 2.84. The molecule has 0 spiro atoms. The molecule has 0 fully saturated rings. The van der Waals surface area contributed by atoms with Crippen LogP contribution in [0.4, 0.5) is 0 Å². The van der Waals surface area contributed by atoms with Crippen molar-refractivity contribution in [2.24, 2.45) is 7.05 Å². The molecule has 2 aromatic heterocycles. The van der Waals surface area contributed by atoms with Crippen LogP contribution in [0.2, 0.25) is 0 Å². The number of nitrogens with zero attached hydrogens (tertiary/aromatic N) is 2. The Hall–Kier alpha value is -1.34. The van der Waals surface area contributed by atoms with Gasteiger partial charge in [0.25, 0.3) is 5.56 Å². The molecule has 7 heteroatoms. The molecule has 1 amide bonds. The topological polar surface area (TPSA) is 64.0 Å². The van der Waals surface area contributed by atoms with E-state index in [-0.39, 0.29) is 17.2 Å². The van der Waals surface area contributed by atoms with Crippen LogP contribution in [0.15, 0.2) is 9.95 Å². The van der Waals surface area contributed by atoms with Gasteiger partial charge in [-0.15, -0.1) is 11.3 Å². The van der Waals surface area contributed by atoms with Gasteiger partial charge in [-0.3, -0.25) is 14.2 Å². The number of fused-ring (bicyclic) bond motifs is 1. The number of nitrogens with one attached hydrogen (secondary N) is 1. The number of thioether (sulfide) groups is 1. The SMILES string of the molecule is CCCCCNC(=O)CSc1nc2sc(C)c(C)c2c(=O)n1C. The molecule has 0 atom stereocenters. The van der Waals surface area contributed by atoms with E-state index in [4.69, 9.17) is 0 Å². The summed E-state index contributed by atoms with van der Waals surface area (Å²) in [6, 6.07) is 0. The lowest BCUT2D eigenvalue weighted by molar-refractivity contribution is -0.118. The molecule has 0 saturated heterocycles. The molecule has 0 aliphatic heterocycles. The summed E-state index contributed by atoms with van der Waals surface area (Å²) in [7, 11) is 1.71. The average molecular weight is 354 g/mol. The summed E-state index contributed by atoms with van der Waals surface area (Å²) in [6.07, 6.45) is 3.26. The van der Waals surface area contributed by atoms with E-state index in [2.05, 4.69) is 17.2 Å². The molecule has 0 aromatic carbocycles. The first kappa shape index (κ1) is 18.0. The summed E-state index contributed by atoms with van der Waals surface area (Å²) in [4.78, 5) is 30.8. The van der Waals surface area contributed by atoms with Crippen molar-refractivity contribution in [1.82, 2.24) is 14.9 Å². The second-order valence-electron chi connectivity index (χ2n) is 5.57. The minimum atomic E-state index is -0.0392. The van der Waals surface area contributed by atoms with Crippen LogP contribution in [0, 0.1) is 13.8 Å². The maximum Gasteiger partial charge on any atom is 0.262 e. The molecule has 0 bridgehead atoms. The lowest BCUT2D eigenvalue weighted by Gasteiger charge is -2.08. The Morgan fingerprint density at radius 1 is 1.35 bits per heavy atom. The largest absolute Gasteiger partial charge is 0.355 e. The zero-order valence-electron chi connectivity index (χ0n) is 14.1. The maximum atomic E-state index is 12.5. The molecule has 2 aromatic rings. The average Bonchev–Trinajstić information content (AvgIpc) is 2.81. The molecule has 0 aliphatic rings. The predicted molar refractivity (Wildman–Crippen MR) is 97.6 cm³/mol. The summed E-state index contributed by atoms with van der Waals surface area (Å²) in [5, 5.41) is 4.19. The highest BCUT2D eigenvalue weighted by Crippen LogP contribution is 2.27. The number of unbranched alkanes of at least 4 members (excludes halogenated alkanes) is 2. The van der Waals surface area contributed by atoms with E-state index in [1.807, 2.05) is 13.8 Å². The van der Waals surface area contributed by atoms with Gasteiger partial charge in [0, 0.05) is 18.5 Å². The van der Waals surface area contributed by atoms with Crippen LogP contribution in [0.5, 0.6) is 0 Å². The fraction of sp³-hybridized carbons (Fsp3) is 0.562. The number of rotatable bonds is 7. The Bertz CT molecular complexity index is 765. The van der Waals surface area contributed by atoms with E-state index in [1.54, 1.807) is 7.05 Å². The van der Waals surface area contributed by atoms with Crippen molar-refractivity contribution in [3.8, 4) is 0 Å². The van der Waals surface area contributed by atoms with Gasteiger partial charge >= 0.3 is 0 Å². The first-order chi connectivity index (χ1) is 11.0. The van der Waals surface area contributed by atoms with Gasteiger partial charge < -0.3 is 5.32 Å². The number of hydrogen-bond acceptors (Lipinski definition) is 5. The highest BCUT2D eigenvalue weighted by Gasteiger charge is 2.15. The first-order valence-electron chi connectivity index (χ1n) is 7.82. The molecule has 5 nitrogen and oxygen atoms in total. The third-order valence-corrected chi connectivity index (χ3v) is 5.94. The van der Waals surface area contributed by atoms with Crippen molar-refractivity contribution in [1.29, 1.82) is 0 Å². The fourth-order valence-electron chi connectivity index (χ4n) is 2.27. The minimum absolute atomic E-state index is 0.0148. The van der Waals surface area contributed by atoms with Gasteiger partial charge in [-0.05, 0) is 25.8 Å². The number of hydrogen-bond donors (Lipinski definition) is 1. The van der Waals surface area contributed by atoms with E-state index in [9.17, 15) is 9.59 Å². The van der Waals surface area contributed by atoms with Gasteiger partial charge in [-0.2, -0.15) is 0 Å². The second kappa shape index (κ2) is 7.97. The van der Waals surface area contributed by atoms with Crippen LogP contribution in [0.25, 0.3) is 10.2 Å². The van der Waals surface area contributed by atoms with E-state index in [1.165, 1.54) is 27.7 Å². The van der Waals surface area contributed by atoms with Crippen molar-refractivity contribution in [3.05, 3.63) is 20.8 Å². The smallest absolute Gasteiger partial charge is 0.262 e. The lowest BCUT2D eigenvalue weighted by Crippen LogP contribution is -2.27. The molecule has 23 heavy (non-hydrogen) atoms. The van der Waals surface area contributed by atoms with Gasteiger partial charge in [0.15, 0.2) is 5.16 Å². The first-order valence-corrected chi connectivity index (χ1v) is 9.62. The number of thiophene rings is 1. The number of aryl methyl sites for hydroxylation is 2. The number of carbonyl (C=O) groups is 1. The lowest BCUT2D eigenvalue weighted by atomic mass is 10.2. The van der Waals surface area contributed by atoms with Crippen LogP contribution >= 0.6 is 23.1 Å². The molecule has 0 saturated carbocycles. The van der Waals surface area contributed by atoms with Crippen LogP contribution in [0.3, 0.4) is 0 Å². The van der Waals surface area contributed by atoms with Crippen LogP contribution in [0.1, 0.15) is 36.6 Å². The summed E-state index contributed by atoms with van der Waals surface area (Å²) in [6.45, 7) is 6.79. The second-order valence-corrected chi connectivity index (χ2v) is 7.71. The third kappa shape index (κ3) is 4.14. The quantitative estimate of drug-likeness (QED) is 0.472. The molecule has 2 rings (SSSR count). The van der Waals surface area contributed by atoms with Crippen LogP contribution in [-0.4, -0.2) is 27.8 Å². The van der Waals surface area contributed by atoms with Crippen molar-refractivity contribution in [2.75, 3.05) is 12.3 Å².